The molecule has 0 amide bonds. The Bertz CT molecular complexity index is 104. The predicted octanol–water partition coefficient (Wildman–Crippen LogP) is 3.98. The van der Waals surface area contributed by atoms with E-state index in [1.165, 1.54) is 32.1 Å². The van der Waals surface area contributed by atoms with Crippen LogP contribution in [0.1, 0.15) is 32.1 Å². The SMILES string of the molecule is [Cl][Sn]([Cl])([Cl])[CH]1CCCCC1. The molecular weight excluding hydrogens is 297 g/mol. The van der Waals surface area contributed by atoms with E-state index in [4.69, 9.17) is 26.8 Å². The summed E-state index contributed by atoms with van der Waals surface area (Å²) in [4.78, 5) is 0. The van der Waals surface area contributed by atoms with Crippen molar-refractivity contribution in [2.75, 3.05) is 0 Å². The van der Waals surface area contributed by atoms with Crippen LogP contribution in [0.25, 0.3) is 0 Å². The van der Waals surface area contributed by atoms with Crippen molar-refractivity contribution in [3.05, 3.63) is 0 Å². The van der Waals surface area contributed by atoms with Crippen LogP contribution in [0.3, 0.4) is 0 Å². The van der Waals surface area contributed by atoms with Crippen LogP contribution in [0, 0.1) is 0 Å². The van der Waals surface area contributed by atoms with Crippen molar-refractivity contribution in [1.82, 2.24) is 0 Å². The van der Waals surface area contributed by atoms with Crippen LogP contribution in [0.4, 0.5) is 0 Å². The zero-order valence-corrected chi connectivity index (χ0v) is 10.9. The van der Waals surface area contributed by atoms with Crippen LogP contribution in [-0.4, -0.2) is 15.0 Å². The van der Waals surface area contributed by atoms with Gasteiger partial charge in [0.1, 0.15) is 0 Å². The van der Waals surface area contributed by atoms with Crippen LogP contribution in [0.2, 0.25) is 3.93 Å². The minimum atomic E-state index is -3.02. The van der Waals surface area contributed by atoms with Gasteiger partial charge in [0, 0.05) is 0 Å². The summed E-state index contributed by atoms with van der Waals surface area (Å²) in [6.07, 6.45) is 6.23. The van der Waals surface area contributed by atoms with Gasteiger partial charge in [-0.05, 0) is 0 Å². The third kappa shape index (κ3) is 2.96. The molecule has 0 radical (unpaired) electrons. The van der Waals surface area contributed by atoms with Gasteiger partial charge in [-0.1, -0.05) is 0 Å². The number of halogens is 3. The van der Waals surface area contributed by atoms with E-state index >= 15 is 0 Å². The van der Waals surface area contributed by atoms with Crippen molar-refractivity contribution >= 4 is 41.8 Å². The van der Waals surface area contributed by atoms with Crippen molar-refractivity contribution in [2.45, 2.75) is 36.0 Å². The van der Waals surface area contributed by atoms with Crippen molar-refractivity contribution in [1.29, 1.82) is 0 Å². The Kier molecular flexibility index (Phi) is 3.96. The maximum absolute atomic E-state index is 5.95. The molecule has 0 unspecified atom stereocenters. The van der Waals surface area contributed by atoms with E-state index in [1.54, 1.807) is 0 Å². The Hall–Kier alpha value is 1.67. The van der Waals surface area contributed by atoms with Gasteiger partial charge in [0.15, 0.2) is 0 Å². The van der Waals surface area contributed by atoms with E-state index in [2.05, 4.69) is 0 Å². The van der Waals surface area contributed by atoms with Crippen molar-refractivity contribution in [2.24, 2.45) is 0 Å². The minimum absolute atomic E-state index is 0.507. The first kappa shape index (κ1) is 9.75. The van der Waals surface area contributed by atoms with E-state index in [-0.39, 0.29) is 0 Å². The van der Waals surface area contributed by atoms with E-state index in [0.29, 0.717) is 3.93 Å². The van der Waals surface area contributed by atoms with Crippen LogP contribution in [0.5, 0.6) is 0 Å². The summed E-state index contributed by atoms with van der Waals surface area (Å²) in [6, 6.07) is 0. The molecule has 0 aromatic heterocycles. The normalized spacial score (nSPS) is 23.1. The van der Waals surface area contributed by atoms with E-state index in [0.717, 1.165) is 0 Å². The summed E-state index contributed by atoms with van der Waals surface area (Å²) in [7, 11) is 17.9. The fourth-order valence-corrected chi connectivity index (χ4v) is 8.86. The Morgan fingerprint density at radius 1 is 0.900 bits per heavy atom. The molecular formula is C6H11Cl3Sn. The van der Waals surface area contributed by atoms with E-state index < -0.39 is 15.0 Å². The van der Waals surface area contributed by atoms with Gasteiger partial charge in [-0.15, -0.1) is 0 Å². The summed E-state index contributed by atoms with van der Waals surface area (Å²) in [5.74, 6) is 0. The molecule has 1 aliphatic rings. The molecule has 0 aliphatic heterocycles. The van der Waals surface area contributed by atoms with E-state index in [9.17, 15) is 0 Å². The average molecular weight is 308 g/mol. The molecule has 1 rings (SSSR count). The standard InChI is InChI=1S/C6H11.3ClH.Sn/c1-2-4-6-5-3-1;;;;/h1H,2-6H2;3*1H;/q;;;;+3/p-3. The molecule has 1 aliphatic carbocycles. The summed E-state index contributed by atoms with van der Waals surface area (Å²) < 4.78 is 0.507. The van der Waals surface area contributed by atoms with Gasteiger partial charge < -0.3 is 0 Å². The Morgan fingerprint density at radius 3 is 1.70 bits per heavy atom. The summed E-state index contributed by atoms with van der Waals surface area (Å²) in [5, 5.41) is 0. The van der Waals surface area contributed by atoms with Gasteiger partial charge in [0.2, 0.25) is 0 Å². The number of hydrogen-bond acceptors (Lipinski definition) is 0. The van der Waals surface area contributed by atoms with Crippen LogP contribution < -0.4 is 0 Å². The molecule has 0 saturated heterocycles. The quantitative estimate of drug-likeness (QED) is 0.643. The molecule has 0 bridgehead atoms. The Labute approximate surface area is 77.2 Å². The van der Waals surface area contributed by atoms with Gasteiger partial charge in [-0.25, -0.2) is 0 Å². The second kappa shape index (κ2) is 4.06. The van der Waals surface area contributed by atoms with Crippen LogP contribution >= 0.6 is 26.8 Å². The first-order valence-corrected chi connectivity index (χ1v) is 16.2. The first-order chi connectivity index (χ1) is 4.61. The summed E-state index contributed by atoms with van der Waals surface area (Å²) in [6.45, 7) is 0. The summed E-state index contributed by atoms with van der Waals surface area (Å²) in [5.41, 5.74) is 0. The van der Waals surface area contributed by atoms with Gasteiger partial charge in [-0.3, -0.25) is 0 Å². The molecule has 0 aromatic carbocycles. The zero-order chi connectivity index (χ0) is 7.61. The molecule has 0 aromatic rings. The second-order valence-electron chi connectivity index (χ2n) is 2.88. The first-order valence-electron chi connectivity index (χ1n) is 3.67. The molecule has 1 saturated carbocycles. The monoisotopic (exact) mass is 308 g/mol. The second-order valence-corrected chi connectivity index (χ2v) is 24.2. The molecule has 0 atom stereocenters. The van der Waals surface area contributed by atoms with Crippen molar-refractivity contribution < 1.29 is 0 Å². The maximum atomic E-state index is 5.95. The van der Waals surface area contributed by atoms with Crippen LogP contribution in [0.15, 0.2) is 0 Å². The summed E-state index contributed by atoms with van der Waals surface area (Å²) >= 11 is -3.02. The average Bonchev–Trinajstić information content (AvgIpc) is 1.88. The Morgan fingerprint density at radius 2 is 1.40 bits per heavy atom. The van der Waals surface area contributed by atoms with Gasteiger partial charge in [0.25, 0.3) is 0 Å². The molecule has 0 N–H and O–H groups in total. The fourth-order valence-electron chi connectivity index (χ4n) is 1.43. The molecule has 10 heavy (non-hydrogen) atoms. The van der Waals surface area contributed by atoms with Gasteiger partial charge in [0.05, 0.1) is 0 Å². The molecule has 0 spiro atoms. The number of hydrogen-bond donors (Lipinski definition) is 0. The van der Waals surface area contributed by atoms with E-state index in [1.807, 2.05) is 0 Å². The zero-order valence-electron chi connectivity index (χ0n) is 5.75. The third-order valence-corrected chi connectivity index (χ3v) is 12.6. The van der Waals surface area contributed by atoms with Gasteiger partial charge in [-0.2, -0.15) is 0 Å². The molecule has 0 heterocycles. The number of rotatable bonds is 1. The molecule has 4 heteroatoms. The van der Waals surface area contributed by atoms with Crippen molar-refractivity contribution in [3.8, 4) is 0 Å². The molecule has 0 nitrogen and oxygen atoms in total. The fraction of sp³-hybridized carbons (Fsp3) is 1.00. The Balaban J connectivity index is 2.39. The molecule has 1 fully saturated rings. The molecule has 60 valence electrons. The topological polar surface area (TPSA) is 0 Å². The van der Waals surface area contributed by atoms with Crippen LogP contribution in [-0.2, 0) is 0 Å². The van der Waals surface area contributed by atoms with Crippen molar-refractivity contribution in [3.63, 3.8) is 0 Å². The third-order valence-electron chi connectivity index (χ3n) is 2.07. The van der Waals surface area contributed by atoms with Gasteiger partial charge >= 0.3 is 77.8 Å². The predicted molar refractivity (Wildman–Crippen MR) is 50.1 cm³/mol.